The summed E-state index contributed by atoms with van der Waals surface area (Å²) in [5.41, 5.74) is 1.88. The highest BCUT2D eigenvalue weighted by atomic mass is 79.9. The van der Waals surface area contributed by atoms with Crippen LogP contribution in [0.25, 0.3) is 0 Å². The van der Waals surface area contributed by atoms with Crippen molar-refractivity contribution >= 4 is 21.9 Å². The van der Waals surface area contributed by atoms with Crippen LogP contribution in [-0.2, 0) is 16.0 Å². The van der Waals surface area contributed by atoms with Crippen LogP contribution in [0.4, 0.5) is 0 Å². The van der Waals surface area contributed by atoms with E-state index in [9.17, 15) is 4.79 Å². The monoisotopic (exact) mass is 286 g/mol. The van der Waals surface area contributed by atoms with Crippen LogP contribution in [0, 0.1) is 6.92 Å². The zero-order valence-electron chi connectivity index (χ0n) is 9.67. The number of halogens is 1. The summed E-state index contributed by atoms with van der Waals surface area (Å²) in [6.07, 6.45) is 0.238. The first-order valence-corrected chi connectivity index (χ1v) is 5.87. The van der Waals surface area contributed by atoms with Gasteiger partial charge in [0.2, 0.25) is 0 Å². The summed E-state index contributed by atoms with van der Waals surface area (Å²) >= 11 is 3.43. The van der Waals surface area contributed by atoms with Gasteiger partial charge in [0.05, 0.1) is 20.1 Å². The van der Waals surface area contributed by atoms with Crippen LogP contribution in [0.2, 0.25) is 0 Å². The van der Waals surface area contributed by atoms with E-state index in [1.165, 1.54) is 0 Å². The first-order chi connectivity index (χ1) is 7.60. The van der Waals surface area contributed by atoms with Crippen molar-refractivity contribution in [3.05, 3.63) is 27.7 Å². The molecule has 16 heavy (non-hydrogen) atoms. The molecule has 0 fully saturated rings. The third-order valence-corrected chi connectivity index (χ3v) is 3.19. The molecule has 0 saturated carbocycles. The smallest absolute Gasteiger partial charge is 0.310 e. The summed E-state index contributed by atoms with van der Waals surface area (Å²) in [5.74, 6) is 0.482. The molecule has 0 radical (unpaired) electrons. The molecule has 4 heteroatoms. The van der Waals surface area contributed by atoms with E-state index in [1.54, 1.807) is 14.0 Å². The van der Waals surface area contributed by atoms with Gasteiger partial charge in [-0.2, -0.15) is 0 Å². The molecule has 0 aromatic heterocycles. The van der Waals surface area contributed by atoms with Gasteiger partial charge in [0.25, 0.3) is 0 Å². The molecule has 0 spiro atoms. The maximum atomic E-state index is 11.5. The number of esters is 1. The van der Waals surface area contributed by atoms with Crippen LogP contribution in [0.5, 0.6) is 5.75 Å². The Morgan fingerprint density at radius 3 is 2.69 bits per heavy atom. The lowest BCUT2D eigenvalue weighted by molar-refractivity contribution is -0.142. The highest BCUT2D eigenvalue weighted by molar-refractivity contribution is 9.10. The molecule has 0 bridgehead atoms. The van der Waals surface area contributed by atoms with E-state index < -0.39 is 0 Å². The van der Waals surface area contributed by atoms with Gasteiger partial charge in [-0.15, -0.1) is 0 Å². The summed E-state index contributed by atoms with van der Waals surface area (Å²) < 4.78 is 11.1. The third-order valence-electron chi connectivity index (χ3n) is 2.34. The number of hydrogen-bond acceptors (Lipinski definition) is 3. The standard InChI is InChI=1S/C12H15BrO3/c1-4-16-12(14)7-9-8(2)10(13)5-6-11(9)15-3/h5-6H,4,7H2,1-3H3. The summed E-state index contributed by atoms with van der Waals surface area (Å²) in [6.45, 7) is 4.14. The summed E-state index contributed by atoms with van der Waals surface area (Å²) in [4.78, 5) is 11.5. The van der Waals surface area contributed by atoms with Gasteiger partial charge in [0, 0.05) is 10.0 Å². The number of carbonyl (C=O) groups excluding carboxylic acids is 1. The molecule has 0 aliphatic rings. The van der Waals surface area contributed by atoms with Crippen molar-refractivity contribution in [1.29, 1.82) is 0 Å². The molecule has 0 heterocycles. The van der Waals surface area contributed by atoms with Gasteiger partial charge >= 0.3 is 5.97 Å². The van der Waals surface area contributed by atoms with Crippen molar-refractivity contribution in [3.63, 3.8) is 0 Å². The average Bonchev–Trinajstić information content (AvgIpc) is 2.25. The Hall–Kier alpha value is -1.03. The number of ether oxygens (including phenoxy) is 2. The Morgan fingerprint density at radius 1 is 1.44 bits per heavy atom. The van der Waals surface area contributed by atoms with Crippen LogP contribution < -0.4 is 4.74 Å². The molecule has 88 valence electrons. The fourth-order valence-corrected chi connectivity index (χ4v) is 1.84. The Kier molecular flexibility index (Phi) is 4.80. The predicted octanol–water partition coefficient (Wildman–Crippen LogP) is 2.87. The van der Waals surface area contributed by atoms with Crippen LogP contribution in [-0.4, -0.2) is 19.7 Å². The van der Waals surface area contributed by atoms with Gasteiger partial charge in [-0.25, -0.2) is 0 Å². The second kappa shape index (κ2) is 5.89. The second-order valence-electron chi connectivity index (χ2n) is 3.33. The van der Waals surface area contributed by atoms with Gasteiger partial charge < -0.3 is 9.47 Å². The highest BCUT2D eigenvalue weighted by Crippen LogP contribution is 2.28. The quantitative estimate of drug-likeness (QED) is 0.799. The molecular weight excluding hydrogens is 272 g/mol. The average molecular weight is 287 g/mol. The van der Waals surface area contributed by atoms with E-state index in [-0.39, 0.29) is 12.4 Å². The molecule has 0 N–H and O–H groups in total. The lowest BCUT2D eigenvalue weighted by Gasteiger charge is -2.12. The van der Waals surface area contributed by atoms with E-state index in [0.717, 1.165) is 15.6 Å². The van der Waals surface area contributed by atoms with Gasteiger partial charge in [-0.3, -0.25) is 4.79 Å². The maximum absolute atomic E-state index is 11.5. The van der Waals surface area contributed by atoms with E-state index >= 15 is 0 Å². The highest BCUT2D eigenvalue weighted by Gasteiger charge is 2.13. The number of hydrogen-bond donors (Lipinski definition) is 0. The number of rotatable bonds is 4. The predicted molar refractivity (Wildman–Crippen MR) is 65.8 cm³/mol. The Bertz CT molecular complexity index is 388. The SMILES string of the molecule is CCOC(=O)Cc1c(OC)ccc(Br)c1C. The molecule has 3 nitrogen and oxygen atoms in total. The van der Waals surface area contributed by atoms with Crippen molar-refractivity contribution in [2.45, 2.75) is 20.3 Å². The molecule has 0 saturated heterocycles. The van der Waals surface area contributed by atoms with Crippen molar-refractivity contribution < 1.29 is 14.3 Å². The summed E-state index contributed by atoms with van der Waals surface area (Å²) in [5, 5.41) is 0. The molecular formula is C12H15BrO3. The van der Waals surface area contributed by atoms with Crippen LogP contribution in [0.1, 0.15) is 18.1 Å². The topological polar surface area (TPSA) is 35.5 Å². The zero-order chi connectivity index (χ0) is 12.1. The number of methoxy groups -OCH3 is 1. The van der Waals surface area contributed by atoms with Crippen molar-refractivity contribution in [2.24, 2.45) is 0 Å². The Balaban J connectivity index is 3.00. The molecule has 1 rings (SSSR count). The summed E-state index contributed by atoms with van der Waals surface area (Å²) in [6, 6.07) is 3.74. The summed E-state index contributed by atoms with van der Waals surface area (Å²) in [7, 11) is 1.59. The van der Waals surface area contributed by atoms with Crippen LogP contribution in [0.3, 0.4) is 0 Å². The second-order valence-corrected chi connectivity index (χ2v) is 4.19. The van der Waals surface area contributed by atoms with Crippen LogP contribution >= 0.6 is 15.9 Å². The lowest BCUT2D eigenvalue weighted by atomic mass is 10.0. The molecule has 1 aromatic carbocycles. The van der Waals surface area contributed by atoms with E-state index in [4.69, 9.17) is 9.47 Å². The normalized spacial score (nSPS) is 10.0. The fourth-order valence-electron chi connectivity index (χ4n) is 1.47. The minimum absolute atomic E-state index is 0.234. The molecule has 0 unspecified atom stereocenters. The largest absolute Gasteiger partial charge is 0.496 e. The van der Waals surface area contributed by atoms with E-state index in [2.05, 4.69) is 15.9 Å². The molecule has 0 amide bonds. The third kappa shape index (κ3) is 2.98. The van der Waals surface area contributed by atoms with Crippen molar-refractivity contribution in [1.82, 2.24) is 0 Å². The maximum Gasteiger partial charge on any atom is 0.310 e. The Labute approximate surface area is 104 Å². The Morgan fingerprint density at radius 2 is 2.12 bits per heavy atom. The van der Waals surface area contributed by atoms with Gasteiger partial charge in [0.15, 0.2) is 0 Å². The molecule has 0 atom stereocenters. The van der Waals surface area contributed by atoms with Crippen LogP contribution in [0.15, 0.2) is 16.6 Å². The molecule has 0 aliphatic heterocycles. The van der Waals surface area contributed by atoms with Crippen molar-refractivity contribution in [3.8, 4) is 5.75 Å². The zero-order valence-corrected chi connectivity index (χ0v) is 11.3. The fraction of sp³-hybridized carbons (Fsp3) is 0.417. The molecule has 1 aromatic rings. The minimum atomic E-state index is -0.234. The number of benzene rings is 1. The van der Waals surface area contributed by atoms with Gasteiger partial charge in [-0.05, 0) is 31.5 Å². The minimum Gasteiger partial charge on any atom is -0.496 e. The number of carbonyl (C=O) groups is 1. The van der Waals surface area contributed by atoms with E-state index in [0.29, 0.717) is 12.4 Å². The lowest BCUT2D eigenvalue weighted by Crippen LogP contribution is -2.10. The van der Waals surface area contributed by atoms with E-state index in [1.807, 2.05) is 19.1 Å². The molecule has 0 aliphatic carbocycles. The van der Waals surface area contributed by atoms with Gasteiger partial charge in [0.1, 0.15) is 5.75 Å². The first kappa shape index (κ1) is 13.0. The van der Waals surface area contributed by atoms with Crippen molar-refractivity contribution in [2.75, 3.05) is 13.7 Å². The first-order valence-electron chi connectivity index (χ1n) is 5.07. The van der Waals surface area contributed by atoms with Gasteiger partial charge in [-0.1, -0.05) is 15.9 Å².